The summed E-state index contributed by atoms with van der Waals surface area (Å²) in [4.78, 5) is 29.8. The van der Waals surface area contributed by atoms with E-state index in [9.17, 15) is 14.7 Å². The van der Waals surface area contributed by atoms with E-state index in [-0.39, 0.29) is 5.69 Å². The fourth-order valence-electron chi connectivity index (χ4n) is 2.28. The number of aliphatic hydroxyl groups is 1. The van der Waals surface area contributed by atoms with Gasteiger partial charge in [-0.3, -0.25) is 4.79 Å². The number of rotatable bonds is 6. The van der Waals surface area contributed by atoms with Crippen LogP contribution in [-0.4, -0.2) is 62.6 Å². The summed E-state index contributed by atoms with van der Waals surface area (Å²) in [6.45, 7) is 1.77. The van der Waals surface area contributed by atoms with E-state index in [0.29, 0.717) is 17.9 Å². The molecule has 0 fully saturated rings. The number of aliphatic carboxylic acids is 1. The summed E-state index contributed by atoms with van der Waals surface area (Å²) in [6.07, 6.45) is 0.576. The number of fused-ring (bicyclic) bond motifs is 1. The van der Waals surface area contributed by atoms with Crippen molar-refractivity contribution in [1.29, 1.82) is 0 Å². The second-order valence-corrected chi connectivity index (χ2v) is 5.60. The van der Waals surface area contributed by atoms with Gasteiger partial charge in [-0.2, -0.15) is 0 Å². The summed E-state index contributed by atoms with van der Waals surface area (Å²) < 4.78 is 1.78. The predicted octanol–water partition coefficient (Wildman–Crippen LogP) is -0.0403. The first-order valence-electron chi connectivity index (χ1n) is 7.13. The second kappa shape index (κ2) is 6.76. The second-order valence-electron chi connectivity index (χ2n) is 5.60. The molecule has 3 N–H and O–H groups in total. The molecule has 2 atom stereocenters. The molecule has 0 aliphatic carbocycles. The average Bonchev–Trinajstić information content (AvgIpc) is 2.82. The number of aliphatic hydroxyl groups excluding tert-OH is 1. The van der Waals surface area contributed by atoms with Crippen molar-refractivity contribution in [3.8, 4) is 0 Å². The van der Waals surface area contributed by atoms with Crippen LogP contribution in [0.3, 0.4) is 0 Å². The van der Waals surface area contributed by atoms with Gasteiger partial charge in [0.1, 0.15) is 5.65 Å². The monoisotopic (exact) mass is 320 g/mol. The first-order chi connectivity index (χ1) is 10.8. The van der Waals surface area contributed by atoms with Crippen LogP contribution in [0.4, 0.5) is 0 Å². The summed E-state index contributed by atoms with van der Waals surface area (Å²) in [5.41, 5.74) is 1.40. The lowest BCUT2D eigenvalue weighted by Gasteiger charge is -2.17. The Kier molecular flexibility index (Phi) is 4.97. The number of hydrogen-bond donors (Lipinski definition) is 3. The van der Waals surface area contributed by atoms with Crippen molar-refractivity contribution >= 4 is 17.5 Å². The first kappa shape index (κ1) is 16.9. The van der Waals surface area contributed by atoms with Crippen molar-refractivity contribution in [2.24, 2.45) is 0 Å². The quantitative estimate of drug-likeness (QED) is 0.689. The van der Waals surface area contributed by atoms with Crippen molar-refractivity contribution in [3.05, 3.63) is 35.8 Å². The Morgan fingerprint density at radius 1 is 1.39 bits per heavy atom. The largest absolute Gasteiger partial charge is 0.480 e. The molecular weight excluding hydrogens is 300 g/mol. The zero-order valence-corrected chi connectivity index (χ0v) is 13.2. The standard InChI is InChI=1S/C15H20N4O4/c1-9(20)12(15(22)23)17-14(21)13-10(8-18(2)3)19-7-5-4-6-11(19)16-13/h4-7,9,12,20H,8H2,1-3H3,(H,17,21)(H,22,23). The SMILES string of the molecule is CC(O)C(NC(=O)c1nc2ccccn2c1CN(C)C)C(=O)O. The third-order valence-electron chi connectivity index (χ3n) is 3.34. The Hall–Kier alpha value is -2.45. The summed E-state index contributed by atoms with van der Waals surface area (Å²) in [6, 6.07) is 4.00. The first-order valence-corrected chi connectivity index (χ1v) is 7.13. The summed E-state index contributed by atoms with van der Waals surface area (Å²) in [7, 11) is 3.72. The number of imidazole rings is 1. The van der Waals surface area contributed by atoms with E-state index >= 15 is 0 Å². The summed E-state index contributed by atoms with van der Waals surface area (Å²) in [5.74, 6) is -1.93. The Balaban J connectivity index is 2.41. The molecule has 0 aromatic carbocycles. The molecule has 0 spiro atoms. The van der Waals surface area contributed by atoms with Crippen LogP contribution < -0.4 is 5.32 Å². The van der Waals surface area contributed by atoms with Crippen molar-refractivity contribution in [2.75, 3.05) is 14.1 Å². The lowest BCUT2D eigenvalue weighted by atomic mass is 10.1. The molecular formula is C15H20N4O4. The fraction of sp³-hybridized carbons (Fsp3) is 0.400. The molecule has 0 bridgehead atoms. The molecule has 0 saturated heterocycles. The Morgan fingerprint density at radius 2 is 2.09 bits per heavy atom. The maximum atomic E-state index is 12.5. The van der Waals surface area contributed by atoms with Gasteiger partial charge in [-0.05, 0) is 33.2 Å². The normalized spacial score (nSPS) is 14.0. The molecule has 0 radical (unpaired) electrons. The lowest BCUT2D eigenvalue weighted by Crippen LogP contribution is -2.48. The highest BCUT2D eigenvalue weighted by Gasteiger charge is 2.28. The van der Waals surface area contributed by atoms with E-state index in [2.05, 4.69) is 10.3 Å². The maximum Gasteiger partial charge on any atom is 0.328 e. The van der Waals surface area contributed by atoms with E-state index in [1.165, 1.54) is 6.92 Å². The molecule has 124 valence electrons. The number of amides is 1. The molecule has 2 aromatic rings. The van der Waals surface area contributed by atoms with Gasteiger partial charge in [0, 0.05) is 12.7 Å². The molecule has 1 amide bonds. The molecule has 0 saturated carbocycles. The molecule has 23 heavy (non-hydrogen) atoms. The number of hydrogen-bond acceptors (Lipinski definition) is 5. The minimum atomic E-state index is -1.39. The molecule has 0 aliphatic heterocycles. The molecule has 8 heteroatoms. The number of carbonyl (C=O) groups excluding carboxylic acids is 1. The molecule has 2 unspecified atom stereocenters. The van der Waals surface area contributed by atoms with Crippen LogP contribution in [0.25, 0.3) is 5.65 Å². The van der Waals surface area contributed by atoms with Crippen LogP contribution in [0.15, 0.2) is 24.4 Å². The molecule has 8 nitrogen and oxygen atoms in total. The highest BCUT2D eigenvalue weighted by Crippen LogP contribution is 2.14. The highest BCUT2D eigenvalue weighted by molar-refractivity contribution is 5.96. The Morgan fingerprint density at radius 3 is 2.65 bits per heavy atom. The Bertz CT molecular complexity index is 723. The van der Waals surface area contributed by atoms with Crippen LogP contribution in [0, 0.1) is 0 Å². The van der Waals surface area contributed by atoms with Crippen LogP contribution in [0.1, 0.15) is 23.1 Å². The van der Waals surface area contributed by atoms with Crippen LogP contribution >= 0.6 is 0 Å². The molecule has 2 heterocycles. The smallest absolute Gasteiger partial charge is 0.328 e. The molecule has 0 aliphatic rings. The van der Waals surface area contributed by atoms with E-state index in [1.54, 1.807) is 22.7 Å². The van der Waals surface area contributed by atoms with Gasteiger partial charge in [0.25, 0.3) is 5.91 Å². The van der Waals surface area contributed by atoms with E-state index in [4.69, 9.17) is 5.11 Å². The third kappa shape index (κ3) is 3.66. The topological polar surface area (TPSA) is 107 Å². The minimum absolute atomic E-state index is 0.150. The number of pyridine rings is 1. The third-order valence-corrected chi connectivity index (χ3v) is 3.34. The van der Waals surface area contributed by atoms with Crippen LogP contribution in [0.5, 0.6) is 0 Å². The average molecular weight is 320 g/mol. The zero-order valence-electron chi connectivity index (χ0n) is 13.2. The molecule has 2 rings (SSSR count). The fourth-order valence-corrected chi connectivity index (χ4v) is 2.28. The molecule has 2 aromatic heterocycles. The number of carboxylic acids is 1. The van der Waals surface area contributed by atoms with Crippen molar-refractivity contribution in [3.63, 3.8) is 0 Å². The van der Waals surface area contributed by atoms with E-state index < -0.39 is 24.0 Å². The van der Waals surface area contributed by atoms with Gasteiger partial charge >= 0.3 is 5.97 Å². The van der Waals surface area contributed by atoms with Crippen molar-refractivity contribution in [1.82, 2.24) is 19.6 Å². The summed E-state index contributed by atoms with van der Waals surface area (Å²) in [5, 5.41) is 20.9. The zero-order chi connectivity index (χ0) is 17.1. The van der Waals surface area contributed by atoms with Crippen LogP contribution in [0.2, 0.25) is 0 Å². The highest BCUT2D eigenvalue weighted by atomic mass is 16.4. The number of nitrogens with one attached hydrogen (secondary N) is 1. The number of aromatic nitrogens is 2. The lowest BCUT2D eigenvalue weighted by molar-refractivity contribution is -0.141. The predicted molar refractivity (Wildman–Crippen MR) is 83.2 cm³/mol. The van der Waals surface area contributed by atoms with Crippen molar-refractivity contribution < 1.29 is 19.8 Å². The maximum absolute atomic E-state index is 12.5. The van der Waals surface area contributed by atoms with Crippen molar-refractivity contribution in [2.45, 2.75) is 25.6 Å². The minimum Gasteiger partial charge on any atom is -0.480 e. The van der Waals surface area contributed by atoms with Crippen LogP contribution in [-0.2, 0) is 11.3 Å². The number of carboxylic acid groups (broad SMARTS) is 1. The van der Waals surface area contributed by atoms with Gasteiger partial charge < -0.3 is 24.8 Å². The van der Waals surface area contributed by atoms with E-state index in [0.717, 1.165) is 0 Å². The van der Waals surface area contributed by atoms with E-state index in [1.807, 2.05) is 25.1 Å². The van der Waals surface area contributed by atoms with Gasteiger partial charge in [0.2, 0.25) is 0 Å². The van der Waals surface area contributed by atoms with Gasteiger partial charge in [0.05, 0.1) is 11.8 Å². The van der Waals surface area contributed by atoms with Gasteiger partial charge in [-0.1, -0.05) is 6.07 Å². The summed E-state index contributed by atoms with van der Waals surface area (Å²) >= 11 is 0. The number of nitrogens with zero attached hydrogens (tertiary/aromatic N) is 3. The van der Waals surface area contributed by atoms with Gasteiger partial charge in [0.15, 0.2) is 11.7 Å². The van der Waals surface area contributed by atoms with Gasteiger partial charge in [-0.25, -0.2) is 9.78 Å². The van der Waals surface area contributed by atoms with Gasteiger partial charge in [-0.15, -0.1) is 0 Å². The number of carbonyl (C=O) groups is 2. The Labute approximate surface area is 133 Å².